The maximum Gasteiger partial charge on any atom is 0.144 e. The fourth-order valence-electron chi connectivity index (χ4n) is 0.636. The van der Waals surface area contributed by atoms with Crippen LogP contribution in [0.25, 0.3) is 0 Å². The summed E-state index contributed by atoms with van der Waals surface area (Å²) in [7, 11) is 0. The van der Waals surface area contributed by atoms with E-state index in [4.69, 9.17) is 11.6 Å². The molecule has 0 saturated heterocycles. The van der Waals surface area contributed by atoms with Crippen LogP contribution in [0.5, 0.6) is 0 Å². The Morgan fingerprint density at radius 2 is 2.45 bits per heavy atom. The average Bonchev–Trinajstić information content (AvgIpc) is 2.03. The highest BCUT2D eigenvalue weighted by Crippen LogP contribution is 1.99. The Balaban J connectivity index is 2.39. The molecule has 0 aromatic carbocycles. The van der Waals surface area contributed by atoms with Crippen LogP contribution < -0.4 is 5.32 Å². The van der Waals surface area contributed by atoms with E-state index >= 15 is 0 Å². The lowest BCUT2D eigenvalue weighted by atomic mass is 10.4. The van der Waals surface area contributed by atoms with Gasteiger partial charge in [-0.15, -0.1) is 11.6 Å². The standard InChI is InChI=1S/C7H10ClN3/c1-6(8)4-11-7-5-9-2-3-10-7/h2-3,5-6H,4H2,1H3,(H,10,11). The predicted molar refractivity (Wildman–Crippen MR) is 45.8 cm³/mol. The van der Waals surface area contributed by atoms with Crippen LogP contribution in [0.1, 0.15) is 6.92 Å². The Bertz CT molecular complexity index is 200. The fourth-order valence-corrected chi connectivity index (χ4v) is 0.713. The van der Waals surface area contributed by atoms with E-state index in [1.165, 1.54) is 0 Å². The van der Waals surface area contributed by atoms with Gasteiger partial charge in [-0.1, -0.05) is 0 Å². The Morgan fingerprint density at radius 3 is 3.00 bits per heavy atom. The average molecular weight is 172 g/mol. The number of nitrogens with one attached hydrogen (secondary N) is 1. The van der Waals surface area contributed by atoms with Crippen LogP contribution >= 0.6 is 11.6 Å². The van der Waals surface area contributed by atoms with Gasteiger partial charge in [-0.2, -0.15) is 0 Å². The van der Waals surface area contributed by atoms with Gasteiger partial charge in [0.15, 0.2) is 0 Å². The number of anilines is 1. The molecule has 0 aliphatic heterocycles. The predicted octanol–water partition coefficient (Wildman–Crippen LogP) is 1.52. The number of halogens is 1. The van der Waals surface area contributed by atoms with Gasteiger partial charge in [0.1, 0.15) is 5.82 Å². The van der Waals surface area contributed by atoms with Crippen LogP contribution in [0.4, 0.5) is 5.82 Å². The number of rotatable bonds is 3. The second kappa shape index (κ2) is 4.13. The summed E-state index contributed by atoms with van der Waals surface area (Å²) < 4.78 is 0. The lowest BCUT2D eigenvalue weighted by Gasteiger charge is -2.04. The number of hydrogen-bond donors (Lipinski definition) is 1. The first-order valence-corrected chi connectivity index (χ1v) is 3.86. The molecule has 1 rings (SSSR count). The quantitative estimate of drug-likeness (QED) is 0.701. The van der Waals surface area contributed by atoms with Crippen molar-refractivity contribution in [2.45, 2.75) is 12.3 Å². The first-order chi connectivity index (χ1) is 5.29. The molecular formula is C7H10ClN3. The number of alkyl halides is 1. The van der Waals surface area contributed by atoms with Gasteiger partial charge in [-0.3, -0.25) is 4.98 Å². The molecule has 1 unspecified atom stereocenters. The highest BCUT2D eigenvalue weighted by Gasteiger charge is 1.95. The number of nitrogens with zero attached hydrogens (tertiary/aromatic N) is 2. The molecule has 0 aliphatic rings. The summed E-state index contributed by atoms with van der Waals surface area (Å²) in [5.74, 6) is 0.764. The minimum Gasteiger partial charge on any atom is -0.367 e. The summed E-state index contributed by atoms with van der Waals surface area (Å²) in [6.45, 7) is 2.63. The summed E-state index contributed by atoms with van der Waals surface area (Å²) in [6.07, 6.45) is 4.94. The normalized spacial score (nSPS) is 12.5. The molecule has 4 heteroatoms. The van der Waals surface area contributed by atoms with Gasteiger partial charge in [0.05, 0.1) is 6.20 Å². The second-order valence-electron chi connectivity index (χ2n) is 2.25. The number of aromatic nitrogens is 2. The van der Waals surface area contributed by atoms with E-state index in [9.17, 15) is 0 Å². The van der Waals surface area contributed by atoms with Crippen LogP contribution in [0, 0.1) is 0 Å². The van der Waals surface area contributed by atoms with E-state index in [2.05, 4.69) is 15.3 Å². The largest absolute Gasteiger partial charge is 0.367 e. The Morgan fingerprint density at radius 1 is 1.64 bits per heavy atom. The molecule has 11 heavy (non-hydrogen) atoms. The maximum atomic E-state index is 5.72. The highest BCUT2D eigenvalue weighted by molar-refractivity contribution is 6.20. The molecule has 0 saturated carbocycles. The lowest BCUT2D eigenvalue weighted by molar-refractivity contribution is 0.973. The molecule has 0 amide bonds. The van der Waals surface area contributed by atoms with E-state index in [-0.39, 0.29) is 5.38 Å². The molecule has 60 valence electrons. The zero-order valence-corrected chi connectivity index (χ0v) is 7.04. The second-order valence-corrected chi connectivity index (χ2v) is 3.00. The first kappa shape index (κ1) is 8.27. The van der Waals surface area contributed by atoms with E-state index in [0.29, 0.717) is 6.54 Å². The van der Waals surface area contributed by atoms with E-state index < -0.39 is 0 Å². The van der Waals surface area contributed by atoms with Crippen molar-refractivity contribution in [3.05, 3.63) is 18.6 Å². The Kier molecular flexibility index (Phi) is 3.11. The molecule has 3 nitrogen and oxygen atoms in total. The van der Waals surface area contributed by atoms with Gasteiger partial charge >= 0.3 is 0 Å². The van der Waals surface area contributed by atoms with E-state index in [0.717, 1.165) is 5.82 Å². The molecular weight excluding hydrogens is 162 g/mol. The van der Waals surface area contributed by atoms with Gasteiger partial charge in [-0.05, 0) is 6.92 Å². The maximum absolute atomic E-state index is 5.72. The van der Waals surface area contributed by atoms with Crippen molar-refractivity contribution < 1.29 is 0 Å². The number of hydrogen-bond acceptors (Lipinski definition) is 3. The summed E-state index contributed by atoms with van der Waals surface area (Å²) >= 11 is 5.72. The minimum atomic E-state index is 0.108. The molecule has 1 aromatic heterocycles. The molecule has 0 aliphatic carbocycles. The Hall–Kier alpha value is -0.830. The monoisotopic (exact) mass is 171 g/mol. The van der Waals surface area contributed by atoms with Gasteiger partial charge in [-0.25, -0.2) is 4.98 Å². The first-order valence-electron chi connectivity index (χ1n) is 3.43. The zero-order valence-electron chi connectivity index (χ0n) is 6.29. The van der Waals surface area contributed by atoms with Gasteiger partial charge in [0, 0.05) is 24.3 Å². The fraction of sp³-hybridized carbons (Fsp3) is 0.429. The molecule has 0 radical (unpaired) electrons. The van der Waals surface area contributed by atoms with Gasteiger partial charge in [0.2, 0.25) is 0 Å². The minimum absolute atomic E-state index is 0.108. The zero-order chi connectivity index (χ0) is 8.10. The van der Waals surface area contributed by atoms with Crippen molar-refractivity contribution in [3.8, 4) is 0 Å². The molecule has 0 fully saturated rings. The van der Waals surface area contributed by atoms with Crippen LogP contribution in [-0.2, 0) is 0 Å². The molecule has 1 atom stereocenters. The van der Waals surface area contributed by atoms with Gasteiger partial charge < -0.3 is 5.32 Å². The molecule has 1 heterocycles. The summed E-state index contributed by atoms with van der Waals surface area (Å²) in [5, 5.41) is 3.15. The van der Waals surface area contributed by atoms with Crippen molar-refractivity contribution in [1.29, 1.82) is 0 Å². The van der Waals surface area contributed by atoms with Crippen molar-refractivity contribution in [2.75, 3.05) is 11.9 Å². The van der Waals surface area contributed by atoms with E-state index in [1.807, 2.05) is 6.92 Å². The molecule has 1 aromatic rings. The highest BCUT2D eigenvalue weighted by atomic mass is 35.5. The SMILES string of the molecule is CC(Cl)CNc1cnccn1. The third-order valence-electron chi connectivity index (χ3n) is 1.13. The molecule has 0 spiro atoms. The lowest BCUT2D eigenvalue weighted by Crippen LogP contribution is -2.11. The van der Waals surface area contributed by atoms with Crippen LogP contribution in [0.15, 0.2) is 18.6 Å². The van der Waals surface area contributed by atoms with Crippen LogP contribution in [-0.4, -0.2) is 21.9 Å². The van der Waals surface area contributed by atoms with Crippen molar-refractivity contribution in [2.24, 2.45) is 0 Å². The van der Waals surface area contributed by atoms with Crippen molar-refractivity contribution in [1.82, 2.24) is 9.97 Å². The van der Waals surface area contributed by atoms with Crippen molar-refractivity contribution >= 4 is 17.4 Å². The Labute approximate surface area is 70.8 Å². The molecule has 0 bridgehead atoms. The summed E-state index contributed by atoms with van der Waals surface area (Å²) in [4.78, 5) is 7.91. The van der Waals surface area contributed by atoms with Crippen molar-refractivity contribution in [3.63, 3.8) is 0 Å². The smallest absolute Gasteiger partial charge is 0.144 e. The third kappa shape index (κ3) is 3.18. The van der Waals surface area contributed by atoms with Crippen LogP contribution in [0.2, 0.25) is 0 Å². The van der Waals surface area contributed by atoms with E-state index in [1.54, 1.807) is 18.6 Å². The van der Waals surface area contributed by atoms with Gasteiger partial charge in [0.25, 0.3) is 0 Å². The topological polar surface area (TPSA) is 37.8 Å². The van der Waals surface area contributed by atoms with Crippen LogP contribution in [0.3, 0.4) is 0 Å². The summed E-state index contributed by atoms with van der Waals surface area (Å²) in [5.41, 5.74) is 0. The molecule has 1 N–H and O–H groups in total. The summed E-state index contributed by atoms with van der Waals surface area (Å²) in [6, 6.07) is 0. The third-order valence-corrected chi connectivity index (χ3v) is 1.28.